The van der Waals surface area contributed by atoms with Crippen molar-refractivity contribution in [3.8, 4) is 0 Å². The van der Waals surface area contributed by atoms with Crippen LogP contribution in [0.3, 0.4) is 0 Å². The standard InChI is InChI=1S/C12H22O5/c1-9(2)12(16)17-11(15)7-6-10(14)5-3-4-8-13/h9-10,13-14H,3-8H2,1-2H3. The highest BCUT2D eigenvalue weighted by Crippen LogP contribution is 2.08. The lowest BCUT2D eigenvalue weighted by molar-refractivity contribution is -0.162. The van der Waals surface area contributed by atoms with Crippen molar-refractivity contribution >= 4 is 11.9 Å². The number of carbonyl (C=O) groups excluding carboxylic acids is 2. The summed E-state index contributed by atoms with van der Waals surface area (Å²) < 4.78 is 4.56. The van der Waals surface area contributed by atoms with Crippen molar-refractivity contribution in [3.05, 3.63) is 0 Å². The molecular formula is C12H22O5. The smallest absolute Gasteiger partial charge is 0.316 e. The predicted octanol–water partition coefficient (Wildman–Crippen LogP) is 1.02. The van der Waals surface area contributed by atoms with Crippen LogP contribution in [0.25, 0.3) is 0 Å². The van der Waals surface area contributed by atoms with Crippen LogP contribution < -0.4 is 0 Å². The number of hydrogen-bond acceptors (Lipinski definition) is 5. The minimum atomic E-state index is -0.593. The summed E-state index contributed by atoms with van der Waals surface area (Å²) in [6.07, 6.45) is 1.66. The number of hydrogen-bond donors (Lipinski definition) is 2. The minimum Gasteiger partial charge on any atom is -0.396 e. The fourth-order valence-corrected chi connectivity index (χ4v) is 1.20. The van der Waals surface area contributed by atoms with Gasteiger partial charge in [-0.15, -0.1) is 0 Å². The summed E-state index contributed by atoms with van der Waals surface area (Å²) in [6.45, 7) is 3.41. The molecule has 0 spiro atoms. The molecule has 5 nitrogen and oxygen atoms in total. The molecule has 0 rings (SSSR count). The summed E-state index contributed by atoms with van der Waals surface area (Å²) in [5.74, 6) is -1.46. The Morgan fingerprint density at radius 3 is 2.35 bits per heavy atom. The van der Waals surface area contributed by atoms with Gasteiger partial charge in [-0.05, 0) is 25.7 Å². The van der Waals surface area contributed by atoms with Gasteiger partial charge in [0.2, 0.25) is 0 Å². The zero-order valence-electron chi connectivity index (χ0n) is 10.5. The first-order valence-corrected chi connectivity index (χ1v) is 6.00. The Hall–Kier alpha value is -0.940. The molecule has 100 valence electrons. The van der Waals surface area contributed by atoms with Gasteiger partial charge in [0.15, 0.2) is 0 Å². The molecule has 0 aromatic rings. The van der Waals surface area contributed by atoms with Crippen molar-refractivity contribution in [2.45, 2.75) is 52.1 Å². The van der Waals surface area contributed by atoms with Crippen LogP contribution in [0.5, 0.6) is 0 Å². The lowest BCUT2D eigenvalue weighted by atomic mass is 10.1. The first kappa shape index (κ1) is 16.1. The first-order valence-electron chi connectivity index (χ1n) is 6.00. The number of rotatable bonds is 8. The van der Waals surface area contributed by atoms with Crippen molar-refractivity contribution in [3.63, 3.8) is 0 Å². The highest BCUT2D eigenvalue weighted by Gasteiger charge is 2.15. The molecule has 0 heterocycles. The number of aliphatic hydroxyl groups excluding tert-OH is 2. The van der Waals surface area contributed by atoms with E-state index in [1.165, 1.54) is 0 Å². The lowest BCUT2D eigenvalue weighted by Gasteiger charge is -2.09. The maximum absolute atomic E-state index is 11.2. The Morgan fingerprint density at radius 1 is 1.18 bits per heavy atom. The molecule has 0 bridgehead atoms. The molecule has 17 heavy (non-hydrogen) atoms. The molecule has 0 aliphatic carbocycles. The van der Waals surface area contributed by atoms with Gasteiger partial charge in [0.1, 0.15) is 0 Å². The number of esters is 2. The zero-order chi connectivity index (χ0) is 13.3. The number of ether oxygens (including phenoxy) is 1. The van der Waals surface area contributed by atoms with Gasteiger partial charge >= 0.3 is 11.9 Å². The molecule has 0 aromatic carbocycles. The quantitative estimate of drug-likeness (QED) is 0.379. The van der Waals surface area contributed by atoms with Crippen molar-refractivity contribution in [1.82, 2.24) is 0 Å². The summed E-state index contributed by atoms with van der Waals surface area (Å²) in [5, 5.41) is 18.0. The largest absolute Gasteiger partial charge is 0.396 e. The normalized spacial score (nSPS) is 12.5. The van der Waals surface area contributed by atoms with Crippen molar-refractivity contribution < 1.29 is 24.5 Å². The molecule has 0 amide bonds. The zero-order valence-corrected chi connectivity index (χ0v) is 10.5. The van der Waals surface area contributed by atoms with E-state index in [0.717, 1.165) is 6.42 Å². The Balaban J connectivity index is 3.65. The molecule has 0 fully saturated rings. The molecule has 0 aromatic heterocycles. The van der Waals surface area contributed by atoms with E-state index in [1.54, 1.807) is 13.8 Å². The molecule has 5 heteroatoms. The van der Waals surface area contributed by atoms with Crippen molar-refractivity contribution in [1.29, 1.82) is 0 Å². The Bertz CT molecular complexity index is 237. The van der Waals surface area contributed by atoms with Crippen molar-refractivity contribution in [2.24, 2.45) is 5.92 Å². The summed E-state index contributed by atoms with van der Waals surface area (Å²) in [4.78, 5) is 22.3. The van der Waals surface area contributed by atoms with E-state index in [2.05, 4.69) is 4.74 Å². The number of unbranched alkanes of at least 4 members (excludes halogenated alkanes) is 1. The molecule has 0 aliphatic rings. The van der Waals surface area contributed by atoms with Crippen molar-refractivity contribution in [2.75, 3.05) is 6.61 Å². The highest BCUT2D eigenvalue weighted by molar-refractivity contribution is 5.86. The van der Waals surface area contributed by atoms with E-state index in [-0.39, 0.29) is 25.4 Å². The molecule has 0 aliphatic heterocycles. The monoisotopic (exact) mass is 246 g/mol. The lowest BCUT2D eigenvalue weighted by Crippen LogP contribution is -2.18. The van der Waals surface area contributed by atoms with E-state index < -0.39 is 18.0 Å². The van der Waals surface area contributed by atoms with Crippen LogP contribution in [0.1, 0.15) is 46.0 Å². The number of carbonyl (C=O) groups is 2. The van der Waals surface area contributed by atoms with E-state index >= 15 is 0 Å². The second kappa shape index (κ2) is 9.13. The fourth-order valence-electron chi connectivity index (χ4n) is 1.20. The van der Waals surface area contributed by atoms with Gasteiger partial charge in [-0.2, -0.15) is 0 Å². The van der Waals surface area contributed by atoms with Crippen LogP contribution in [0.15, 0.2) is 0 Å². The molecular weight excluding hydrogens is 224 g/mol. The third-order valence-corrected chi connectivity index (χ3v) is 2.31. The van der Waals surface area contributed by atoms with Crippen LogP contribution in [-0.2, 0) is 14.3 Å². The SMILES string of the molecule is CC(C)C(=O)OC(=O)CCC(O)CCCCO. The summed E-state index contributed by atoms with van der Waals surface area (Å²) in [7, 11) is 0. The third-order valence-electron chi connectivity index (χ3n) is 2.31. The van der Waals surface area contributed by atoms with Crippen LogP contribution >= 0.6 is 0 Å². The van der Waals surface area contributed by atoms with E-state index in [4.69, 9.17) is 5.11 Å². The average Bonchev–Trinajstić information content (AvgIpc) is 2.26. The van der Waals surface area contributed by atoms with Gasteiger partial charge in [-0.1, -0.05) is 13.8 Å². The van der Waals surface area contributed by atoms with Gasteiger partial charge in [0, 0.05) is 13.0 Å². The maximum Gasteiger partial charge on any atom is 0.316 e. The van der Waals surface area contributed by atoms with Crippen LogP contribution in [0.2, 0.25) is 0 Å². The van der Waals surface area contributed by atoms with Gasteiger partial charge in [0.05, 0.1) is 12.0 Å². The highest BCUT2D eigenvalue weighted by atomic mass is 16.6. The van der Waals surface area contributed by atoms with E-state index in [1.807, 2.05) is 0 Å². The number of aliphatic hydroxyl groups is 2. The second-order valence-electron chi connectivity index (χ2n) is 4.36. The fraction of sp³-hybridized carbons (Fsp3) is 0.833. The van der Waals surface area contributed by atoms with Crippen LogP contribution in [0.4, 0.5) is 0 Å². The first-order chi connectivity index (χ1) is 7.97. The minimum absolute atomic E-state index is 0.0404. The molecule has 0 saturated carbocycles. The molecule has 0 radical (unpaired) electrons. The van der Waals surface area contributed by atoms with Gasteiger partial charge < -0.3 is 14.9 Å². The summed E-state index contributed by atoms with van der Waals surface area (Å²) >= 11 is 0. The van der Waals surface area contributed by atoms with E-state index in [9.17, 15) is 14.7 Å². The third kappa shape index (κ3) is 8.83. The van der Waals surface area contributed by atoms with Crippen LogP contribution in [-0.4, -0.2) is 34.9 Å². The topological polar surface area (TPSA) is 83.8 Å². The summed E-state index contributed by atoms with van der Waals surface area (Å²) in [6, 6.07) is 0. The van der Waals surface area contributed by atoms with Gasteiger partial charge in [-0.3, -0.25) is 9.59 Å². The Morgan fingerprint density at radius 2 is 1.82 bits per heavy atom. The molecule has 0 saturated heterocycles. The van der Waals surface area contributed by atoms with Crippen LogP contribution in [0, 0.1) is 5.92 Å². The average molecular weight is 246 g/mol. The summed E-state index contributed by atoms with van der Waals surface area (Å²) in [5.41, 5.74) is 0. The Kier molecular flexibility index (Phi) is 8.62. The molecule has 1 unspecified atom stereocenters. The predicted molar refractivity (Wildman–Crippen MR) is 62.1 cm³/mol. The maximum atomic E-state index is 11.2. The Labute approximate surface area is 102 Å². The molecule has 2 N–H and O–H groups in total. The van der Waals surface area contributed by atoms with Gasteiger partial charge in [0.25, 0.3) is 0 Å². The van der Waals surface area contributed by atoms with E-state index in [0.29, 0.717) is 12.8 Å². The van der Waals surface area contributed by atoms with Gasteiger partial charge in [-0.25, -0.2) is 0 Å². The molecule has 1 atom stereocenters. The second-order valence-corrected chi connectivity index (χ2v) is 4.36.